The molecule has 0 aromatic carbocycles. The summed E-state index contributed by atoms with van der Waals surface area (Å²) in [7, 11) is 0. The van der Waals surface area contributed by atoms with Crippen molar-refractivity contribution >= 4 is 0 Å². The van der Waals surface area contributed by atoms with Crippen LogP contribution in [0.5, 0.6) is 0 Å². The molecule has 1 aromatic heterocycles. The molecule has 0 spiro atoms. The highest BCUT2D eigenvalue weighted by Crippen LogP contribution is 2.14. The van der Waals surface area contributed by atoms with Crippen LogP contribution in [0.3, 0.4) is 0 Å². The molecule has 86 valence electrons. The number of aliphatic hydroxyl groups is 1. The Kier molecular flexibility index (Phi) is 4.78. The molecule has 0 saturated heterocycles. The van der Waals surface area contributed by atoms with Gasteiger partial charge in [-0.2, -0.15) is 5.10 Å². The third-order valence-corrected chi connectivity index (χ3v) is 2.70. The van der Waals surface area contributed by atoms with Crippen LogP contribution in [-0.4, -0.2) is 27.5 Å². The van der Waals surface area contributed by atoms with E-state index in [0.717, 1.165) is 18.5 Å². The summed E-state index contributed by atoms with van der Waals surface area (Å²) in [6, 6.07) is 2.42. The maximum atomic E-state index is 9.40. The van der Waals surface area contributed by atoms with E-state index in [2.05, 4.69) is 18.9 Å². The predicted octanol–water partition coefficient (Wildman–Crippen LogP) is 1.11. The molecule has 0 radical (unpaired) electrons. The average Bonchev–Trinajstić information content (AvgIpc) is 2.68. The summed E-state index contributed by atoms with van der Waals surface area (Å²) in [4.78, 5) is 0. The lowest BCUT2D eigenvalue weighted by Gasteiger charge is -2.12. The van der Waals surface area contributed by atoms with E-state index in [-0.39, 0.29) is 6.54 Å². The summed E-state index contributed by atoms with van der Waals surface area (Å²) in [5, 5.41) is 13.8. The number of rotatable bonds is 6. The fraction of sp³-hybridized carbons (Fsp3) is 0.727. The van der Waals surface area contributed by atoms with Crippen molar-refractivity contribution in [3.05, 3.63) is 18.0 Å². The molecule has 0 aliphatic heterocycles. The number of aromatic nitrogens is 2. The monoisotopic (exact) mass is 211 g/mol. The number of nitrogens with two attached hydrogens (primary N) is 1. The molecule has 3 N–H and O–H groups in total. The van der Waals surface area contributed by atoms with Crippen LogP contribution in [0.1, 0.15) is 38.4 Å². The van der Waals surface area contributed by atoms with Crippen LogP contribution in [-0.2, 0) is 6.42 Å². The van der Waals surface area contributed by atoms with Gasteiger partial charge in [-0.25, -0.2) is 0 Å². The molecule has 1 aromatic rings. The number of hydrogen-bond donors (Lipinski definition) is 2. The van der Waals surface area contributed by atoms with Crippen LogP contribution < -0.4 is 5.73 Å². The second-order valence-corrected chi connectivity index (χ2v) is 3.85. The van der Waals surface area contributed by atoms with Crippen molar-refractivity contribution in [3.8, 4) is 0 Å². The van der Waals surface area contributed by atoms with Gasteiger partial charge in [-0.05, 0) is 18.9 Å². The SMILES string of the molecule is CCC(CC)n1ccc(CC(O)CN)n1. The molecule has 15 heavy (non-hydrogen) atoms. The van der Waals surface area contributed by atoms with Crippen molar-refractivity contribution in [1.82, 2.24) is 9.78 Å². The minimum Gasteiger partial charge on any atom is -0.391 e. The maximum Gasteiger partial charge on any atom is 0.0718 e. The first-order valence-electron chi connectivity index (χ1n) is 5.63. The molecule has 0 fully saturated rings. The maximum absolute atomic E-state index is 9.40. The number of hydrogen-bond acceptors (Lipinski definition) is 3. The summed E-state index contributed by atoms with van der Waals surface area (Å²) < 4.78 is 1.98. The van der Waals surface area contributed by atoms with E-state index >= 15 is 0 Å². The van der Waals surface area contributed by atoms with Crippen molar-refractivity contribution in [2.75, 3.05) is 6.54 Å². The van der Waals surface area contributed by atoms with E-state index in [1.807, 2.05) is 16.9 Å². The lowest BCUT2D eigenvalue weighted by Crippen LogP contribution is -2.22. The van der Waals surface area contributed by atoms with Gasteiger partial charge in [0.1, 0.15) is 0 Å². The van der Waals surface area contributed by atoms with Gasteiger partial charge < -0.3 is 10.8 Å². The molecule has 0 bridgehead atoms. The van der Waals surface area contributed by atoms with Crippen molar-refractivity contribution < 1.29 is 5.11 Å². The Balaban J connectivity index is 2.63. The predicted molar refractivity (Wildman–Crippen MR) is 60.6 cm³/mol. The Morgan fingerprint density at radius 2 is 2.13 bits per heavy atom. The fourth-order valence-corrected chi connectivity index (χ4v) is 1.68. The first-order chi connectivity index (χ1) is 7.21. The van der Waals surface area contributed by atoms with Gasteiger partial charge in [-0.1, -0.05) is 13.8 Å². The summed E-state index contributed by atoms with van der Waals surface area (Å²) in [5.74, 6) is 0. The molecule has 4 heteroatoms. The van der Waals surface area contributed by atoms with E-state index in [9.17, 15) is 5.11 Å². The summed E-state index contributed by atoms with van der Waals surface area (Å²) in [5.41, 5.74) is 6.27. The molecule has 1 atom stereocenters. The van der Waals surface area contributed by atoms with Crippen LogP contribution in [0.25, 0.3) is 0 Å². The minimum absolute atomic E-state index is 0.290. The first kappa shape index (κ1) is 12.2. The fourth-order valence-electron chi connectivity index (χ4n) is 1.68. The highest BCUT2D eigenvalue weighted by molar-refractivity contribution is 5.01. The van der Waals surface area contributed by atoms with E-state index in [0.29, 0.717) is 12.5 Å². The first-order valence-corrected chi connectivity index (χ1v) is 5.63. The Hall–Kier alpha value is -0.870. The van der Waals surface area contributed by atoms with Gasteiger partial charge >= 0.3 is 0 Å². The largest absolute Gasteiger partial charge is 0.391 e. The van der Waals surface area contributed by atoms with Crippen LogP contribution in [0.2, 0.25) is 0 Å². The average molecular weight is 211 g/mol. The zero-order chi connectivity index (χ0) is 11.3. The molecule has 1 unspecified atom stereocenters. The standard InChI is InChI=1S/C11H21N3O/c1-3-10(4-2)14-6-5-9(13-14)7-11(15)8-12/h5-6,10-11,15H,3-4,7-8,12H2,1-2H3. The van der Waals surface area contributed by atoms with Crippen LogP contribution in [0.15, 0.2) is 12.3 Å². The molecule has 1 rings (SSSR count). The molecule has 0 saturated carbocycles. The zero-order valence-electron chi connectivity index (χ0n) is 9.56. The van der Waals surface area contributed by atoms with Gasteiger partial charge in [0, 0.05) is 19.2 Å². The van der Waals surface area contributed by atoms with E-state index in [1.54, 1.807) is 0 Å². The van der Waals surface area contributed by atoms with Gasteiger partial charge in [-0.3, -0.25) is 4.68 Å². The van der Waals surface area contributed by atoms with Crippen molar-refractivity contribution in [1.29, 1.82) is 0 Å². The molecular weight excluding hydrogens is 190 g/mol. The summed E-state index contributed by atoms with van der Waals surface area (Å²) in [6.07, 6.45) is 4.21. The molecule has 0 amide bonds. The zero-order valence-corrected chi connectivity index (χ0v) is 9.56. The van der Waals surface area contributed by atoms with Crippen LogP contribution in [0, 0.1) is 0 Å². The van der Waals surface area contributed by atoms with E-state index in [4.69, 9.17) is 5.73 Å². The quantitative estimate of drug-likeness (QED) is 0.740. The Labute approximate surface area is 91.1 Å². The smallest absolute Gasteiger partial charge is 0.0718 e. The molecule has 0 aliphatic carbocycles. The minimum atomic E-state index is -0.477. The Bertz CT molecular complexity index is 281. The summed E-state index contributed by atoms with van der Waals surface area (Å²) >= 11 is 0. The third-order valence-electron chi connectivity index (χ3n) is 2.70. The molecule has 1 heterocycles. The molecular formula is C11H21N3O. The van der Waals surface area contributed by atoms with Gasteiger partial charge in [0.2, 0.25) is 0 Å². The van der Waals surface area contributed by atoms with E-state index < -0.39 is 6.10 Å². The second-order valence-electron chi connectivity index (χ2n) is 3.85. The lowest BCUT2D eigenvalue weighted by molar-refractivity contribution is 0.181. The summed E-state index contributed by atoms with van der Waals surface area (Å²) in [6.45, 7) is 4.60. The molecule has 0 aliphatic rings. The molecule has 4 nitrogen and oxygen atoms in total. The van der Waals surface area contributed by atoms with Crippen molar-refractivity contribution in [3.63, 3.8) is 0 Å². The topological polar surface area (TPSA) is 64.1 Å². The second kappa shape index (κ2) is 5.88. The van der Waals surface area contributed by atoms with Gasteiger partial charge in [0.05, 0.1) is 17.8 Å². The number of aliphatic hydroxyl groups excluding tert-OH is 1. The van der Waals surface area contributed by atoms with Crippen molar-refractivity contribution in [2.45, 2.75) is 45.3 Å². The van der Waals surface area contributed by atoms with Crippen LogP contribution >= 0.6 is 0 Å². The highest BCUT2D eigenvalue weighted by atomic mass is 16.3. The Morgan fingerprint density at radius 3 is 2.67 bits per heavy atom. The van der Waals surface area contributed by atoms with Crippen LogP contribution in [0.4, 0.5) is 0 Å². The van der Waals surface area contributed by atoms with E-state index in [1.165, 1.54) is 0 Å². The highest BCUT2D eigenvalue weighted by Gasteiger charge is 2.10. The van der Waals surface area contributed by atoms with Crippen molar-refractivity contribution in [2.24, 2.45) is 5.73 Å². The van der Waals surface area contributed by atoms with Gasteiger partial charge in [-0.15, -0.1) is 0 Å². The number of nitrogens with zero attached hydrogens (tertiary/aromatic N) is 2. The normalized spacial score (nSPS) is 13.4. The third kappa shape index (κ3) is 3.32. The van der Waals surface area contributed by atoms with Gasteiger partial charge in [0.25, 0.3) is 0 Å². The Morgan fingerprint density at radius 1 is 1.47 bits per heavy atom. The lowest BCUT2D eigenvalue weighted by atomic mass is 10.2. The van der Waals surface area contributed by atoms with Gasteiger partial charge in [0.15, 0.2) is 0 Å².